The van der Waals surface area contributed by atoms with Gasteiger partial charge in [-0.2, -0.15) is 5.26 Å². The molecule has 8 heteroatoms. The Morgan fingerprint density at radius 1 is 0.850 bits per heavy atom. The third-order valence-electron chi connectivity index (χ3n) is 8.71. The standard InChI is InChI=1S/C32H46N2O6/c1-10-21(11-2)32(20-33,22-14-15-26(35-4)27(17-22)36-5)16-12-13-23-18-24-25(19-34(23)3)29(38-7)31(40-9)30(39-8)28(24)37-6/h14-15,17,21,23H,10-13,16,18-19H2,1-9H3. The van der Waals surface area contributed by atoms with Crippen molar-refractivity contribution >= 4 is 0 Å². The highest BCUT2D eigenvalue weighted by atomic mass is 16.5. The maximum Gasteiger partial charge on any atom is 0.207 e. The van der Waals surface area contributed by atoms with Crippen molar-refractivity contribution in [1.82, 2.24) is 4.90 Å². The minimum absolute atomic E-state index is 0.224. The summed E-state index contributed by atoms with van der Waals surface area (Å²) in [5, 5.41) is 10.7. The molecule has 0 saturated heterocycles. The molecule has 0 fully saturated rings. The van der Waals surface area contributed by atoms with Crippen LogP contribution in [0.15, 0.2) is 18.2 Å². The average Bonchev–Trinajstić information content (AvgIpc) is 2.99. The molecule has 0 amide bonds. The highest BCUT2D eigenvalue weighted by Crippen LogP contribution is 2.52. The van der Waals surface area contributed by atoms with E-state index in [2.05, 4.69) is 31.9 Å². The number of likely N-dealkylation sites (N-methyl/N-ethyl adjacent to an activating group) is 1. The summed E-state index contributed by atoms with van der Waals surface area (Å²) in [6, 6.07) is 8.97. The maximum atomic E-state index is 10.7. The number of nitrogens with zero attached hydrogens (tertiary/aromatic N) is 2. The van der Waals surface area contributed by atoms with Gasteiger partial charge < -0.3 is 28.4 Å². The Balaban J connectivity index is 1.93. The molecule has 0 aliphatic carbocycles. The van der Waals surface area contributed by atoms with E-state index in [1.165, 1.54) is 0 Å². The van der Waals surface area contributed by atoms with Crippen LogP contribution in [0.1, 0.15) is 62.6 Å². The summed E-state index contributed by atoms with van der Waals surface area (Å²) in [6.07, 6.45) is 5.23. The zero-order valence-electron chi connectivity index (χ0n) is 25.7. The van der Waals surface area contributed by atoms with Gasteiger partial charge in [-0.15, -0.1) is 0 Å². The number of ether oxygens (including phenoxy) is 6. The summed E-state index contributed by atoms with van der Waals surface area (Å²) in [6.45, 7) is 5.05. The van der Waals surface area contributed by atoms with Crippen LogP contribution in [0.5, 0.6) is 34.5 Å². The smallest absolute Gasteiger partial charge is 0.207 e. The Bertz CT molecular complexity index is 1190. The van der Waals surface area contributed by atoms with E-state index < -0.39 is 5.41 Å². The lowest BCUT2D eigenvalue weighted by atomic mass is 9.66. The number of methoxy groups -OCH3 is 6. The van der Waals surface area contributed by atoms with Crippen molar-refractivity contribution < 1.29 is 28.4 Å². The molecule has 1 heterocycles. The van der Waals surface area contributed by atoms with Crippen LogP contribution in [0.3, 0.4) is 0 Å². The quantitative estimate of drug-likeness (QED) is 0.275. The fourth-order valence-corrected chi connectivity index (χ4v) is 6.54. The first-order valence-corrected chi connectivity index (χ1v) is 14.1. The molecule has 1 aliphatic rings. The van der Waals surface area contributed by atoms with E-state index in [9.17, 15) is 5.26 Å². The predicted molar refractivity (Wildman–Crippen MR) is 156 cm³/mol. The second kappa shape index (κ2) is 13.8. The van der Waals surface area contributed by atoms with E-state index in [0.717, 1.165) is 55.2 Å². The van der Waals surface area contributed by atoms with Crippen LogP contribution in [-0.2, 0) is 18.4 Å². The Kier molecular flexibility index (Phi) is 10.8. The topological polar surface area (TPSA) is 82.4 Å². The molecule has 0 spiro atoms. The Hall–Kier alpha value is -3.31. The molecule has 1 aliphatic heterocycles. The molecule has 2 aromatic rings. The molecule has 8 nitrogen and oxygen atoms in total. The van der Waals surface area contributed by atoms with Gasteiger partial charge in [-0.1, -0.05) is 32.8 Å². The van der Waals surface area contributed by atoms with Crippen molar-refractivity contribution in [3.05, 3.63) is 34.9 Å². The molecular weight excluding hydrogens is 508 g/mol. The summed E-state index contributed by atoms with van der Waals surface area (Å²) in [5.41, 5.74) is 2.52. The van der Waals surface area contributed by atoms with Gasteiger partial charge >= 0.3 is 0 Å². The molecule has 3 rings (SSSR count). The predicted octanol–water partition coefficient (Wildman–Crippen LogP) is 6.16. The van der Waals surface area contributed by atoms with Gasteiger partial charge in [-0.25, -0.2) is 0 Å². The normalized spacial score (nSPS) is 16.5. The molecule has 0 N–H and O–H groups in total. The number of rotatable bonds is 14. The number of hydrogen-bond donors (Lipinski definition) is 0. The molecule has 220 valence electrons. The lowest BCUT2D eigenvalue weighted by Gasteiger charge is -2.38. The van der Waals surface area contributed by atoms with Crippen LogP contribution in [0.25, 0.3) is 0 Å². The Morgan fingerprint density at radius 2 is 1.43 bits per heavy atom. The van der Waals surface area contributed by atoms with Crippen LogP contribution in [0.4, 0.5) is 0 Å². The van der Waals surface area contributed by atoms with E-state index in [4.69, 9.17) is 28.4 Å². The van der Waals surface area contributed by atoms with Gasteiger partial charge in [0.1, 0.15) is 0 Å². The average molecular weight is 555 g/mol. The second-order valence-electron chi connectivity index (χ2n) is 10.4. The molecule has 2 unspecified atom stereocenters. The van der Waals surface area contributed by atoms with Crippen LogP contribution in [0.2, 0.25) is 0 Å². The lowest BCUT2D eigenvalue weighted by molar-refractivity contribution is 0.185. The molecule has 40 heavy (non-hydrogen) atoms. The van der Waals surface area contributed by atoms with Crippen molar-refractivity contribution in [2.75, 3.05) is 49.7 Å². The fraction of sp³-hybridized carbons (Fsp3) is 0.594. The van der Waals surface area contributed by atoms with Gasteiger partial charge in [0.15, 0.2) is 23.0 Å². The van der Waals surface area contributed by atoms with Gasteiger partial charge in [0.2, 0.25) is 11.5 Å². The second-order valence-corrected chi connectivity index (χ2v) is 10.4. The lowest BCUT2D eigenvalue weighted by Crippen LogP contribution is -2.39. The molecule has 0 aromatic heterocycles. The molecule has 0 radical (unpaired) electrons. The Morgan fingerprint density at radius 3 is 1.93 bits per heavy atom. The third-order valence-corrected chi connectivity index (χ3v) is 8.71. The van der Waals surface area contributed by atoms with Crippen LogP contribution >= 0.6 is 0 Å². The van der Waals surface area contributed by atoms with Crippen molar-refractivity contribution in [2.45, 2.75) is 70.4 Å². The van der Waals surface area contributed by atoms with Crippen molar-refractivity contribution in [3.8, 4) is 40.6 Å². The zero-order chi connectivity index (χ0) is 29.4. The first-order chi connectivity index (χ1) is 19.3. The Labute approximate surface area is 240 Å². The molecular formula is C32H46N2O6. The monoisotopic (exact) mass is 554 g/mol. The van der Waals surface area contributed by atoms with E-state index in [1.807, 2.05) is 18.2 Å². The van der Waals surface area contributed by atoms with Gasteiger partial charge in [0.05, 0.1) is 54.1 Å². The van der Waals surface area contributed by atoms with E-state index >= 15 is 0 Å². The minimum Gasteiger partial charge on any atom is -0.493 e. The first kappa shape index (κ1) is 31.2. The van der Waals surface area contributed by atoms with E-state index in [0.29, 0.717) is 41.0 Å². The first-order valence-electron chi connectivity index (χ1n) is 14.1. The van der Waals surface area contributed by atoms with Crippen molar-refractivity contribution in [2.24, 2.45) is 5.92 Å². The summed E-state index contributed by atoms with van der Waals surface area (Å²) < 4.78 is 34.1. The molecule has 0 bridgehead atoms. The zero-order valence-corrected chi connectivity index (χ0v) is 25.7. The summed E-state index contributed by atoms with van der Waals surface area (Å²) in [4.78, 5) is 2.36. The van der Waals surface area contributed by atoms with Gasteiger partial charge in [-0.3, -0.25) is 4.90 Å². The number of benzene rings is 2. The summed E-state index contributed by atoms with van der Waals surface area (Å²) >= 11 is 0. The van der Waals surface area contributed by atoms with Crippen LogP contribution < -0.4 is 28.4 Å². The van der Waals surface area contributed by atoms with E-state index in [1.54, 1.807) is 42.7 Å². The number of hydrogen-bond acceptors (Lipinski definition) is 8. The van der Waals surface area contributed by atoms with Crippen LogP contribution in [-0.4, -0.2) is 60.6 Å². The molecule has 0 saturated carbocycles. The third kappa shape index (κ3) is 5.62. The molecule has 2 atom stereocenters. The largest absolute Gasteiger partial charge is 0.493 e. The highest BCUT2D eigenvalue weighted by molar-refractivity contribution is 5.67. The SMILES string of the molecule is CCC(CC)C(C#N)(CCCC1Cc2c(c(OC)c(OC)c(OC)c2OC)CN1C)c1ccc(OC)c(OC)c1. The molecule has 2 aromatic carbocycles. The van der Waals surface area contributed by atoms with E-state index in [-0.39, 0.29) is 12.0 Å². The van der Waals surface area contributed by atoms with Crippen molar-refractivity contribution in [3.63, 3.8) is 0 Å². The fourth-order valence-electron chi connectivity index (χ4n) is 6.54. The number of fused-ring (bicyclic) bond motifs is 1. The highest BCUT2D eigenvalue weighted by Gasteiger charge is 2.40. The summed E-state index contributed by atoms with van der Waals surface area (Å²) in [7, 11) is 12.0. The van der Waals surface area contributed by atoms with Gasteiger partial charge in [-0.05, 0) is 56.3 Å². The van der Waals surface area contributed by atoms with Crippen LogP contribution in [0, 0.1) is 17.2 Å². The minimum atomic E-state index is -0.619. The van der Waals surface area contributed by atoms with Crippen molar-refractivity contribution in [1.29, 1.82) is 5.26 Å². The summed E-state index contributed by atoms with van der Waals surface area (Å²) in [5.74, 6) is 4.02. The van der Waals surface area contributed by atoms with Gasteiger partial charge in [0.25, 0.3) is 0 Å². The van der Waals surface area contributed by atoms with Gasteiger partial charge in [0, 0.05) is 23.7 Å². The number of nitriles is 1. The maximum absolute atomic E-state index is 10.7.